The molecule has 0 aromatic heterocycles. The van der Waals surface area contributed by atoms with E-state index in [4.69, 9.17) is 0 Å². The highest BCUT2D eigenvalue weighted by molar-refractivity contribution is 5.85. The number of nitrogens with one attached hydrogen (secondary N) is 1. The van der Waals surface area contributed by atoms with Crippen LogP contribution in [0.4, 0.5) is 0 Å². The lowest BCUT2D eigenvalue weighted by atomic mass is 10.0. The van der Waals surface area contributed by atoms with Crippen LogP contribution in [0.5, 0.6) is 0 Å². The molecule has 2 aliphatic heterocycles. The molecule has 0 aromatic carbocycles. The minimum absolute atomic E-state index is 0. The number of hydrogen-bond donors (Lipinski definition) is 1. The van der Waals surface area contributed by atoms with Gasteiger partial charge in [0.1, 0.15) is 0 Å². The molecule has 0 bridgehead atoms. The summed E-state index contributed by atoms with van der Waals surface area (Å²) >= 11 is 0. The van der Waals surface area contributed by atoms with Gasteiger partial charge in [0.15, 0.2) is 0 Å². The number of likely N-dealkylation sites (tertiary alicyclic amines) is 2. The Labute approximate surface area is 129 Å². The predicted octanol–water partition coefficient (Wildman–Crippen LogP) is 1.88. The second-order valence-electron chi connectivity index (χ2n) is 6.04. The zero-order valence-electron chi connectivity index (χ0n) is 12.9. The van der Waals surface area contributed by atoms with E-state index in [0.29, 0.717) is 11.9 Å². The van der Waals surface area contributed by atoms with E-state index >= 15 is 0 Å². The summed E-state index contributed by atoms with van der Waals surface area (Å²) in [5.41, 5.74) is 0. The van der Waals surface area contributed by atoms with Gasteiger partial charge < -0.3 is 10.2 Å². The van der Waals surface area contributed by atoms with Crippen molar-refractivity contribution in [2.45, 2.75) is 57.5 Å². The van der Waals surface area contributed by atoms with E-state index in [-0.39, 0.29) is 18.4 Å². The van der Waals surface area contributed by atoms with Crippen LogP contribution in [0, 0.1) is 0 Å². The number of halogens is 1. The maximum absolute atomic E-state index is 12.6. The molecule has 2 atom stereocenters. The summed E-state index contributed by atoms with van der Waals surface area (Å²) < 4.78 is 0. The van der Waals surface area contributed by atoms with Crippen molar-refractivity contribution < 1.29 is 4.79 Å². The molecule has 20 heavy (non-hydrogen) atoms. The fraction of sp³-hybridized carbons (Fsp3) is 0.933. The van der Waals surface area contributed by atoms with Crippen molar-refractivity contribution in [3.63, 3.8) is 0 Å². The standard InChI is InChI=1S/C15H29N3O.ClH/c1-13(18-11-7-8-14(12-18)16-2)15(19)17-9-5-3-4-6-10-17;/h13-14,16H,3-12H2,1-2H3;1H. The maximum Gasteiger partial charge on any atom is 0.239 e. The molecule has 0 aromatic rings. The van der Waals surface area contributed by atoms with Crippen molar-refractivity contribution >= 4 is 18.3 Å². The molecule has 118 valence electrons. The second kappa shape index (κ2) is 8.85. The second-order valence-corrected chi connectivity index (χ2v) is 6.04. The molecule has 0 radical (unpaired) electrons. The van der Waals surface area contributed by atoms with Crippen molar-refractivity contribution in [3.05, 3.63) is 0 Å². The summed E-state index contributed by atoms with van der Waals surface area (Å²) in [5, 5.41) is 3.35. The van der Waals surface area contributed by atoms with Gasteiger partial charge in [-0.2, -0.15) is 0 Å². The van der Waals surface area contributed by atoms with Crippen LogP contribution in [0.15, 0.2) is 0 Å². The van der Waals surface area contributed by atoms with Crippen LogP contribution in [-0.4, -0.2) is 61.0 Å². The number of carbonyl (C=O) groups excluding carboxylic acids is 1. The Hall–Kier alpha value is -0.320. The highest BCUT2D eigenvalue weighted by Crippen LogP contribution is 2.16. The first kappa shape index (κ1) is 17.7. The van der Waals surface area contributed by atoms with Gasteiger partial charge in [0.2, 0.25) is 5.91 Å². The molecular weight excluding hydrogens is 274 g/mol. The number of piperidine rings is 1. The SMILES string of the molecule is CNC1CCCN(C(C)C(=O)N2CCCCCC2)C1.Cl. The molecule has 2 rings (SSSR count). The number of likely N-dealkylation sites (N-methyl/N-ethyl adjacent to an activating group) is 1. The fourth-order valence-electron chi connectivity index (χ4n) is 3.31. The van der Waals surface area contributed by atoms with Crippen LogP contribution in [0.3, 0.4) is 0 Å². The van der Waals surface area contributed by atoms with Crippen molar-refractivity contribution in [1.29, 1.82) is 0 Å². The smallest absolute Gasteiger partial charge is 0.239 e. The normalized spacial score (nSPS) is 26.5. The van der Waals surface area contributed by atoms with Crippen molar-refractivity contribution in [2.75, 3.05) is 33.2 Å². The van der Waals surface area contributed by atoms with Crippen LogP contribution >= 0.6 is 12.4 Å². The average molecular weight is 304 g/mol. The lowest BCUT2D eigenvalue weighted by molar-refractivity contribution is -0.136. The van der Waals surface area contributed by atoms with Crippen molar-refractivity contribution in [3.8, 4) is 0 Å². The van der Waals surface area contributed by atoms with Crippen LogP contribution < -0.4 is 5.32 Å². The summed E-state index contributed by atoms with van der Waals surface area (Å²) in [6.45, 7) is 6.10. The largest absolute Gasteiger partial charge is 0.341 e. The number of rotatable bonds is 3. The van der Waals surface area contributed by atoms with Gasteiger partial charge in [-0.05, 0) is 46.2 Å². The Morgan fingerprint density at radius 3 is 2.35 bits per heavy atom. The zero-order chi connectivity index (χ0) is 13.7. The van der Waals surface area contributed by atoms with Crippen molar-refractivity contribution in [2.24, 2.45) is 0 Å². The molecule has 2 saturated heterocycles. The number of amides is 1. The monoisotopic (exact) mass is 303 g/mol. The molecule has 5 heteroatoms. The summed E-state index contributed by atoms with van der Waals surface area (Å²) in [4.78, 5) is 17.1. The molecule has 0 spiro atoms. The first-order valence-electron chi connectivity index (χ1n) is 7.92. The molecule has 2 fully saturated rings. The van der Waals surface area contributed by atoms with E-state index in [2.05, 4.69) is 22.0 Å². The molecule has 2 heterocycles. The predicted molar refractivity (Wildman–Crippen MR) is 85.4 cm³/mol. The molecule has 1 N–H and O–H groups in total. The highest BCUT2D eigenvalue weighted by atomic mass is 35.5. The van der Waals surface area contributed by atoms with Gasteiger partial charge in [0.25, 0.3) is 0 Å². The minimum Gasteiger partial charge on any atom is -0.341 e. The summed E-state index contributed by atoms with van der Waals surface area (Å²) in [6, 6.07) is 0.599. The third kappa shape index (κ3) is 4.61. The van der Waals surface area contributed by atoms with Crippen LogP contribution in [-0.2, 0) is 4.79 Å². The molecule has 0 aliphatic carbocycles. The highest BCUT2D eigenvalue weighted by Gasteiger charge is 2.29. The van der Waals surface area contributed by atoms with E-state index in [1.807, 2.05) is 7.05 Å². The topological polar surface area (TPSA) is 35.6 Å². The van der Waals surface area contributed by atoms with Crippen LogP contribution in [0.25, 0.3) is 0 Å². The maximum atomic E-state index is 12.6. The van der Waals surface area contributed by atoms with Gasteiger partial charge >= 0.3 is 0 Å². The van der Waals surface area contributed by atoms with E-state index in [1.54, 1.807) is 0 Å². The number of hydrogen-bond acceptors (Lipinski definition) is 3. The number of carbonyl (C=O) groups is 1. The minimum atomic E-state index is 0. The first-order chi connectivity index (χ1) is 9.22. The zero-order valence-corrected chi connectivity index (χ0v) is 13.8. The van der Waals surface area contributed by atoms with Gasteiger partial charge in [0.05, 0.1) is 6.04 Å². The average Bonchev–Trinajstić information content (AvgIpc) is 2.75. The van der Waals surface area contributed by atoms with Crippen LogP contribution in [0.2, 0.25) is 0 Å². The lowest BCUT2D eigenvalue weighted by Gasteiger charge is -2.37. The fourth-order valence-corrected chi connectivity index (χ4v) is 3.31. The van der Waals surface area contributed by atoms with Gasteiger partial charge in [-0.25, -0.2) is 0 Å². The summed E-state index contributed by atoms with van der Waals surface area (Å²) in [7, 11) is 2.02. The number of nitrogens with zero attached hydrogens (tertiary/aromatic N) is 2. The van der Waals surface area contributed by atoms with Crippen molar-refractivity contribution in [1.82, 2.24) is 15.1 Å². The van der Waals surface area contributed by atoms with Gasteiger partial charge in [0, 0.05) is 25.7 Å². The van der Waals surface area contributed by atoms with Gasteiger partial charge in [-0.15, -0.1) is 12.4 Å². The summed E-state index contributed by atoms with van der Waals surface area (Å²) in [5.74, 6) is 0.346. The molecule has 4 nitrogen and oxygen atoms in total. The van der Waals surface area contributed by atoms with Gasteiger partial charge in [-0.1, -0.05) is 12.8 Å². The van der Waals surface area contributed by atoms with E-state index in [9.17, 15) is 4.79 Å². The Balaban J connectivity index is 0.00000200. The Kier molecular flexibility index (Phi) is 7.85. The Morgan fingerprint density at radius 2 is 1.75 bits per heavy atom. The lowest BCUT2D eigenvalue weighted by Crippen LogP contribution is -2.53. The molecule has 0 saturated carbocycles. The quantitative estimate of drug-likeness (QED) is 0.865. The Morgan fingerprint density at radius 1 is 1.10 bits per heavy atom. The third-order valence-corrected chi connectivity index (χ3v) is 4.68. The first-order valence-corrected chi connectivity index (χ1v) is 7.92. The molecular formula is C15H30ClN3O. The van der Waals surface area contributed by atoms with E-state index in [1.165, 1.54) is 38.5 Å². The molecule has 2 aliphatic rings. The van der Waals surface area contributed by atoms with Gasteiger partial charge in [-0.3, -0.25) is 9.69 Å². The van der Waals surface area contributed by atoms with Crippen LogP contribution in [0.1, 0.15) is 45.4 Å². The van der Waals surface area contributed by atoms with E-state index in [0.717, 1.165) is 26.2 Å². The Bertz CT molecular complexity index is 293. The summed E-state index contributed by atoms with van der Waals surface area (Å²) in [6.07, 6.45) is 7.35. The molecule has 2 unspecified atom stereocenters. The molecule has 1 amide bonds. The third-order valence-electron chi connectivity index (χ3n) is 4.68. The van der Waals surface area contributed by atoms with E-state index < -0.39 is 0 Å².